The molecule has 0 amide bonds. The van der Waals surface area contributed by atoms with Crippen LogP contribution in [0.4, 0.5) is 0 Å². The van der Waals surface area contributed by atoms with Crippen molar-refractivity contribution in [1.82, 2.24) is 0 Å². The first-order chi connectivity index (χ1) is 7.15. The Balaban J connectivity index is 3.31. The predicted octanol–water partition coefficient (Wildman–Crippen LogP) is 1.89. The summed E-state index contributed by atoms with van der Waals surface area (Å²) >= 11 is 0. The molecule has 0 saturated carbocycles. The molecule has 15 heavy (non-hydrogen) atoms. The molecule has 0 fully saturated rings. The molecule has 0 radical (unpaired) electrons. The van der Waals surface area contributed by atoms with E-state index in [4.69, 9.17) is 5.11 Å². The molecule has 3 heteroatoms. The van der Waals surface area contributed by atoms with Gasteiger partial charge >= 0.3 is 0 Å². The number of aliphatic hydroxyl groups is 2. The van der Waals surface area contributed by atoms with Crippen molar-refractivity contribution in [3.05, 3.63) is 28.8 Å². The van der Waals surface area contributed by atoms with Gasteiger partial charge in [-0.25, -0.2) is 0 Å². The quantitative estimate of drug-likeness (QED) is 0.711. The standard InChI is InChI=1S/C12H18O3/c1-3-8(2)12-10(7-14)9(6-13)4-5-11(12)15/h4-5,8,13-15H,3,6-7H2,1-2H3. The fourth-order valence-electron chi connectivity index (χ4n) is 1.79. The molecule has 0 heterocycles. The Morgan fingerprint density at radius 3 is 2.33 bits per heavy atom. The summed E-state index contributed by atoms with van der Waals surface area (Å²) in [6, 6.07) is 3.22. The Morgan fingerprint density at radius 1 is 1.20 bits per heavy atom. The van der Waals surface area contributed by atoms with Gasteiger partial charge in [-0.3, -0.25) is 0 Å². The third-order valence-corrected chi connectivity index (χ3v) is 2.86. The van der Waals surface area contributed by atoms with Crippen LogP contribution < -0.4 is 0 Å². The number of phenolic OH excluding ortho intramolecular Hbond substituents is 1. The summed E-state index contributed by atoms with van der Waals surface area (Å²) in [7, 11) is 0. The fraction of sp³-hybridized carbons (Fsp3) is 0.500. The van der Waals surface area contributed by atoms with Gasteiger partial charge in [-0.1, -0.05) is 19.9 Å². The van der Waals surface area contributed by atoms with Gasteiger partial charge in [0.1, 0.15) is 5.75 Å². The molecule has 0 aliphatic carbocycles. The van der Waals surface area contributed by atoms with Crippen molar-refractivity contribution in [2.24, 2.45) is 0 Å². The highest BCUT2D eigenvalue weighted by molar-refractivity contribution is 5.46. The van der Waals surface area contributed by atoms with E-state index in [9.17, 15) is 10.2 Å². The Hall–Kier alpha value is -1.06. The van der Waals surface area contributed by atoms with Crippen LogP contribution in [-0.4, -0.2) is 15.3 Å². The normalized spacial score (nSPS) is 12.8. The van der Waals surface area contributed by atoms with E-state index in [0.29, 0.717) is 11.1 Å². The number of rotatable bonds is 4. The van der Waals surface area contributed by atoms with Crippen LogP contribution in [0.5, 0.6) is 5.75 Å². The number of aliphatic hydroxyl groups excluding tert-OH is 2. The van der Waals surface area contributed by atoms with Crippen LogP contribution >= 0.6 is 0 Å². The minimum absolute atomic E-state index is 0.112. The summed E-state index contributed by atoms with van der Waals surface area (Å²) in [6.07, 6.45) is 0.884. The molecule has 1 rings (SSSR count). The van der Waals surface area contributed by atoms with Crippen molar-refractivity contribution >= 4 is 0 Å². The second-order valence-corrected chi connectivity index (χ2v) is 3.76. The zero-order valence-electron chi connectivity index (χ0n) is 9.20. The van der Waals surface area contributed by atoms with Crippen LogP contribution in [-0.2, 0) is 13.2 Å². The van der Waals surface area contributed by atoms with E-state index >= 15 is 0 Å². The average Bonchev–Trinajstić information content (AvgIpc) is 2.27. The topological polar surface area (TPSA) is 60.7 Å². The van der Waals surface area contributed by atoms with Gasteiger partial charge in [0.25, 0.3) is 0 Å². The maximum absolute atomic E-state index is 9.75. The molecule has 1 aromatic carbocycles. The first-order valence-corrected chi connectivity index (χ1v) is 5.21. The smallest absolute Gasteiger partial charge is 0.119 e. The second kappa shape index (κ2) is 5.14. The van der Waals surface area contributed by atoms with Gasteiger partial charge in [-0.15, -0.1) is 0 Å². The largest absolute Gasteiger partial charge is 0.508 e. The van der Waals surface area contributed by atoms with Gasteiger partial charge in [0.2, 0.25) is 0 Å². The van der Waals surface area contributed by atoms with Crippen molar-refractivity contribution in [3.63, 3.8) is 0 Å². The van der Waals surface area contributed by atoms with Crippen molar-refractivity contribution in [2.45, 2.75) is 39.4 Å². The number of aromatic hydroxyl groups is 1. The lowest BCUT2D eigenvalue weighted by atomic mass is 9.90. The number of hydrogen-bond acceptors (Lipinski definition) is 3. The molecule has 3 nitrogen and oxygen atoms in total. The molecule has 0 spiro atoms. The van der Waals surface area contributed by atoms with Crippen molar-refractivity contribution in [3.8, 4) is 5.75 Å². The Morgan fingerprint density at radius 2 is 1.87 bits per heavy atom. The lowest BCUT2D eigenvalue weighted by molar-refractivity contribution is 0.257. The maximum Gasteiger partial charge on any atom is 0.119 e. The highest BCUT2D eigenvalue weighted by Crippen LogP contribution is 2.33. The number of hydrogen-bond donors (Lipinski definition) is 3. The maximum atomic E-state index is 9.75. The van der Waals surface area contributed by atoms with E-state index in [2.05, 4.69) is 0 Å². The molecule has 0 saturated heterocycles. The van der Waals surface area contributed by atoms with Crippen molar-refractivity contribution in [1.29, 1.82) is 0 Å². The first kappa shape index (κ1) is 12.0. The molecular weight excluding hydrogens is 192 g/mol. The molecule has 0 aromatic heterocycles. The van der Waals surface area contributed by atoms with E-state index < -0.39 is 0 Å². The van der Waals surface area contributed by atoms with E-state index in [-0.39, 0.29) is 24.9 Å². The highest BCUT2D eigenvalue weighted by Gasteiger charge is 2.16. The van der Waals surface area contributed by atoms with Crippen LogP contribution in [0.1, 0.15) is 42.9 Å². The van der Waals surface area contributed by atoms with E-state index in [1.165, 1.54) is 0 Å². The molecule has 0 aliphatic heterocycles. The Labute approximate surface area is 90.0 Å². The lowest BCUT2D eigenvalue weighted by Crippen LogP contribution is -2.04. The van der Waals surface area contributed by atoms with Crippen LogP contribution in [0.3, 0.4) is 0 Å². The van der Waals surface area contributed by atoms with Gasteiger partial charge < -0.3 is 15.3 Å². The molecule has 84 valence electrons. The fourth-order valence-corrected chi connectivity index (χ4v) is 1.79. The second-order valence-electron chi connectivity index (χ2n) is 3.76. The lowest BCUT2D eigenvalue weighted by Gasteiger charge is -2.18. The van der Waals surface area contributed by atoms with Gasteiger partial charge in [-0.05, 0) is 29.5 Å². The molecule has 1 unspecified atom stereocenters. The zero-order chi connectivity index (χ0) is 11.4. The van der Waals surface area contributed by atoms with Crippen molar-refractivity contribution < 1.29 is 15.3 Å². The Kier molecular flexibility index (Phi) is 4.12. The van der Waals surface area contributed by atoms with Gasteiger partial charge in [0, 0.05) is 5.56 Å². The minimum Gasteiger partial charge on any atom is -0.508 e. The minimum atomic E-state index is -0.149. The SMILES string of the molecule is CCC(C)c1c(O)ccc(CO)c1CO. The van der Waals surface area contributed by atoms with E-state index in [1.54, 1.807) is 12.1 Å². The molecule has 1 atom stereocenters. The monoisotopic (exact) mass is 210 g/mol. The molecule has 1 aromatic rings. The summed E-state index contributed by atoms with van der Waals surface area (Å²) < 4.78 is 0. The van der Waals surface area contributed by atoms with Crippen LogP contribution in [0.25, 0.3) is 0 Å². The van der Waals surface area contributed by atoms with Gasteiger partial charge in [-0.2, -0.15) is 0 Å². The molecule has 0 aliphatic rings. The summed E-state index contributed by atoms with van der Waals surface area (Å²) in [6.45, 7) is 3.76. The molecule has 3 N–H and O–H groups in total. The van der Waals surface area contributed by atoms with Crippen LogP contribution in [0.2, 0.25) is 0 Å². The number of phenols is 1. The van der Waals surface area contributed by atoms with Gasteiger partial charge in [0.05, 0.1) is 13.2 Å². The summed E-state index contributed by atoms with van der Waals surface area (Å²) in [5.74, 6) is 0.379. The first-order valence-electron chi connectivity index (χ1n) is 5.21. The highest BCUT2D eigenvalue weighted by atomic mass is 16.3. The van der Waals surface area contributed by atoms with E-state index in [0.717, 1.165) is 12.0 Å². The molecular formula is C12H18O3. The third-order valence-electron chi connectivity index (χ3n) is 2.86. The summed E-state index contributed by atoms with van der Waals surface area (Å²) in [5, 5.41) is 28.2. The average molecular weight is 210 g/mol. The van der Waals surface area contributed by atoms with Crippen LogP contribution in [0.15, 0.2) is 12.1 Å². The third kappa shape index (κ3) is 2.30. The van der Waals surface area contributed by atoms with Crippen LogP contribution in [0, 0.1) is 0 Å². The summed E-state index contributed by atoms with van der Waals surface area (Å²) in [5.41, 5.74) is 2.10. The van der Waals surface area contributed by atoms with Crippen molar-refractivity contribution in [2.75, 3.05) is 0 Å². The molecule has 0 bridgehead atoms. The zero-order valence-corrected chi connectivity index (χ0v) is 9.20. The Bertz CT molecular complexity index is 334. The van der Waals surface area contributed by atoms with E-state index in [1.807, 2.05) is 13.8 Å². The predicted molar refractivity (Wildman–Crippen MR) is 58.7 cm³/mol. The number of benzene rings is 1. The summed E-state index contributed by atoms with van der Waals surface area (Å²) in [4.78, 5) is 0. The van der Waals surface area contributed by atoms with Gasteiger partial charge in [0.15, 0.2) is 0 Å².